The molecule has 0 aliphatic rings. The zero-order chi connectivity index (χ0) is 19.2. The maximum absolute atomic E-state index is 13.2. The number of alkyl halides is 3. The Kier molecular flexibility index (Phi) is 6.93. The van der Waals surface area contributed by atoms with Crippen molar-refractivity contribution in [2.24, 2.45) is 5.16 Å². The Balaban J connectivity index is 2.22. The van der Waals surface area contributed by atoms with Crippen LogP contribution in [0.1, 0.15) is 30.0 Å². The smallest absolute Gasteiger partial charge is 0.437 e. The van der Waals surface area contributed by atoms with E-state index < -0.39 is 28.4 Å². The monoisotopic (exact) mass is 384 g/mol. The summed E-state index contributed by atoms with van der Waals surface area (Å²) in [5.41, 5.74) is -1.01. The fraction of sp³-hybridized carbons (Fsp3) is 0.278. The van der Waals surface area contributed by atoms with E-state index >= 15 is 0 Å². The van der Waals surface area contributed by atoms with Gasteiger partial charge in [-0.3, -0.25) is 4.21 Å². The van der Waals surface area contributed by atoms with E-state index in [1.807, 2.05) is 30.3 Å². The molecule has 0 bridgehead atoms. The van der Waals surface area contributed by atoms with Gasteiger partial charge in [0.2, 0.25) is 0 Å². The average molecular weight is 384 g/mol. The van der Waals surface area contributed by atoms with Gasteiger partial charge < -0.3 is 9.39 Å². The van der Waals surface area contributed by atoms with Crippen LogP contribution in [0.4, 0.5) is 13.2 Å². The lowest BCUT2D eigenvalue weighted by molar-refractivity contribution is -0.0620. The van der Waals surface area contributed by atoms with Crippen molar-refractivity contribution < 1.29 is 26.8 Å². The van der Waals surface area contributed by atoms with Crippen molar-refractivity contribution in [3.63, 3.8) is 0 Å². The molecular weight excluding hydrogens is 367 g/mol. The van der Waals surface area contributed by atoms with Gasteiger partial charge in [0, 0.05) is 5.56 Å². The molecule has 8 heteroatoms. The third-order valence-electron chi connectivity index (χ3n) is 3.56. The van der Waals surface area contributed by atoms with Crippen LogP contribution >= 0.6 is 0 Å². The molecule has 2 aromatic carbocycles. The fourth-order valence-electron chi connectivity index (χ4n) is 2.24. The van der Waals surface area contributed by atoms with Gasteiger partial charge in [0.05, 0.1) is 0 Å². The Morgan fingerprint density at radius 1 is 1.12 bits per heavy atom. The summed E-state index contributed by atoms with van der Waals surface area (Å²) in [4.78, 5) is 4.58. The number of hydrogen-bond donors (Lipinski definition) is 0. The second-order valence-corrected chi connectivity index (χ2v) is 6.55. The number of nitrogens with zero attached hydrogens (tertiary/aromatic N) is 1. The highest BCUT2D eigenvalue weighted by Gasteiger charge is 2.38. The maximum atomic E-state index is 13.2. The largest absolute Gasteiger partial charge is 0.769 e. The number of hydrogen-bond acceptors (Lipinski definition) is 4. The molecule has 0 aliphatic heterocycles. The minimum atomic E-state index is -4.77. The van der Waals surface area contributed by atoms with Gasteiger partial charge in [-0.05, 0) is 35.0 Å². The van der Waals surface area contributed by atoms with Crippen molar-refractivity contribution in [1.29, 1.82) is 0 Å². The number of oxime groups is 1. The third-order valence-corrected chi connectivity index (χ3v) is 4.41. The van der Waals surface area contributed by atoms with Gasteiger partial charge in [-0.25, -0.2) is 0 Å². The highest BCUT2D eigenvalue weighted by Crippen LogP contribution is 2.24. The highest BCUT2D eigenvalue weighted by molar-refractivity contribution is 7.79. The molecule has 0 aromatic heterocycles. The van der Waals surface area contributed by atoms with Gasteiger partial charge in [0.25, 0.3) is 0 Å². The Labute approximate surface area is 152 Å². The van der Waals surface area contributed by atoms with E-state index in [9.17, 15) is 21.9 Å². The van der Waals surface area contributed by atoms with Gasteiger partial charge in [-0.2, -0.15) is 13.2 Å². The normalized spacial score (nSPS) is 14.7. The Morgan fingerprint density at radius 3 is 2.19 bits per heavy atom. The van der Waals surface area contributed by atoms with Crippen LogP contribution in [-0.4, -0.2) is 26.1 Å². The Hall–Kier alpha value is -2.19. The van der Waals surface area contributed by atoms with E-state index in [4.69, 9.17) is 0 Å². The van der Waals surface area contributed by atoms with Crippen molar-refractivity contribution >= 4 is 16.8 Å². The van der Waals surface area contributed by atoms with Crippen LogP contribution in [0, 0.1) is 0 Å². The molecule has 0 N–H and O–H groups in total. The molecule has 2 atom stereocenters. The SMILES string of the molecule is CCC(ON=C(c1ccc(Cc2ccccc2)cc1)C(F)(F)F)S(=O)[O-]. The molecule has 0 heterocycles. The van der Waals surface area contributed by atoms with Crippen LogP contribution in [0.2, 0.25) is 0 Å². The molecule has 0 amide bonds. The minimum Gasteiger partial charge on any atom is -0.769 e. The standard InChI is InChI=1S/C18H18F3NO3S/c1-2-16(26(23)24)25-22-17(18(19,20)21)15-10-8-14(9-11-15)12-13-6-4-3-5-7-13/h3-11,16H,2,12H2,1H3,(H,23,24)/p-1. The zero-order valence-electron chi connectivity index (χ0n) is 13.9. The topological polar surface area (TPSA) is 61.7 Å². The maximum Gasteiger partial charge on any atom is 0.437 e. The van der Waals surface area contributed by atoms with E-state index in [-0.39, 0.29) is 12.0 Å². The van der Waals surface area contributed by atoms with E-state index in [2.05, 4.69) is 9.99 Å². The molecule has 26 heavy (non-hydrogen) atoms. The predicted octanol–water partition coefficient (Wildman–Crippen LogP) is 4.18. The molecule has 0 saturated heterocycles. The van der Waals surface area contributed by atoms with Crippen molar-refractivity contribution in [1.82, 2.24) is 0 Å². The first kappa shape index (κ1) is 20.1. The van der Waals surface area contributed by atoms with Gasteiger partial charge in [-0.1, -0.05) is 66.7 Å². The first-order chi connectivity index (χ1) is 12.3. The van der Waals surface area contributed by atoms with Gasteiger partial charge in [0.15, 0.2) is 11.1 Å². The predicted molar refractivity (Wildman–Crippen MR) is 92.4 cm³/mol. The van der Waals surface area contributed by atoms with Crippen molar-refractivity contribution in [2.75, 3.05) is 0 Å². The highest BCUT2D eigenvalue weighted by atomic mass is 32.2. The molecule has 0 spiro atoms. The Bertz CT molecular complexity index is 762. The summed E-state index contributed by atoms with van der Waals surface area (Å²) in [5, 5.41) is 3.07. The molecule has 0 aliphatic carbocycles. The van der Waals surface area contributed by atoms with E-state index in [1.54, 1.807) is 12.1 Å². The van der Waals surface area contributed by atoms with Crippen LogP contribution in [0.5, 0.6) is 0 Å². The average Bonchev–Trinajstić information content (AvgIpc) is 2.59. The van der Waals surface area contributed by atoms with E-state index in [0.29, 0.717) is 6.42 Å². The third kappa shape index (κ3) is 5.67. The first-order valence-electron chi connectivity index (χ1n) is 7.83. The van der Waals surface area contributed by atoms with Crippen molar-refractivity contribution in [3.8, 4) is 0 Å². The van der Waals surface area contributed by atoms with E-state index in [0.717, 1.165) is 11.1 Å². The molecule has 0 fully saturated rings. The van der Waals surface area contributed by atoms with Crippen molar-refractivity contribution in [3.05, 3.63) is 71.3 Å². The lowest BCUT2D eigenvalue weighted by atomic mass is 10.0. The van der Waals surface area contributed by atoms with Gasteiger partial charge in [-0.15, -0.1) is 0 Å². The lowest BCUT2D eigenvalue weighted by Gasteiger charge is -2.17. The van der Waals surface area contributed by atoms with Gasteiger partial charge in [0.1, 0.15) is 0 Å². The quantitative estimate of drug-likeness (QED) is 0.409. The summed E-state index contributed by atoms with van der Waals surface area (Å²) in [6.45, 7) is 1.47. The molecule has 0 radical (unpaired) electrons. The summed E-state index contributed by atoms with van der Waals surface area (Å²) in [6.07, 6.45) is -4.20. The number of halogens is 3. The first-order valence-corrected chi connectivity index (χ1v) is 8.97. The molecule has 4 nitrogen and oxygen atoms in total. The van der Waals surface area contributed by atoms with Crippen LogP contribution in [0.15, 0.2) is 59.8 Å². The second-order valence-electron chi connectivity index (χ2n) is 5.50. The Morgan fingerprint density at radius 2 is 1.69 bits per heavy atom. The summed E-state index contributed by atoms with van der Waals surface area (Å²) in [7, 11) is 0. The molecule has 2 aromatic rings. The van der Waals surface area contributed by atoms with E-state index in [1.165, 1.54) is 19.1 Å². The second kappa shape index (κ2) is 8.95. The molecule has 2 unspecified atom stereocenters. The van der Waals surface area contributed by atoms with Crippen LogP contribution < -0.4 is 0 Å². The van der Waals surface area contributed by atoms with Crippen LogP contribution in [0.25, 0.3) is 0 Å². The molecule has 2 rings (SSSR count). The summed E-state index contributed by atoms with van der Waals surface area (Å²) in [5.74, 6) is 0. The molecule has 0 saturated carbocycles. The fourth-order valence-corrected chi connectivity index (χ4v) is 2.62. The summed E-state index contributed by atoms with van der Waals surface area (Å²) in [6, 6.07) is 15.3. The summed E-state index contributed by atoms with van der Waals surface area (Å²) >= 11 is -2.68. The minimum absolute atomic E-state index is 0.0131. The van der Waals surface area contributed by atoms with Crippen LogP contribution in [0.3, 0.4) is 0 Å². The number of benzene rings is 2. The summed E-state index contributed by atoms with van der Waals surface area (Å²) < 4.78 is 61.5. The molecular formula is C18H17F3NO3S-. The molecule has 140 valence electrons. The van der Waals surface area contributed by atoms with Crippen LogP contribution in [-0.2, 0) is 22.3 Å². The lowest BCUT2D eigenvalue weighted by Crippen LogP contribution is -2.26. The zero-order valence-corrected chi connectivity index (χ0v) is 14.7. The van der Waals surface area contributed by atoms with Gasteiger partial charge >= 0.3 is 6.18 Å². The number of rotatable bonds is 7. The van der Waals surface area contributed by atoms with Crippen molar-refractivity contribution in [2.45, 2.75) is 31.4 Å².